The van der Waals surface area contributed by atoms with Gasteiger partial charge in [-0.25, -0.2) is 8.78 Å². The average molecular weight is 317 g/mol. The topological polar surface area (TPSA) is 55.4 Å². The van der Waals surface area contributed by atoms with E-state index in [2.05, 4.69) is 5.32 Å². The molecular weight excluding hydrogens is 304 g/mol. The van der Waals surface area contributed by atoms with Crippen molar-refractivity contribution in [1.82, 2.24) is 5.32 Å². The van der Waals surface area contributed by atoms with Crippen molar-refractivity contribution in [2.24, 2.45) is 0 Å². The Morgan fingerprint density at radius 2 is 1.96 bits per heavy atom. The molecule has 1 aliphatic heterocycles. The van der Waals surface area contributed by atoms with Crippen molar-refractivity contribution in [3.05, 3.63) is 65.2 Å². The van der Waals surface area contributed by atoms with Crippen LogP contribution in [0.5, 0.6) is 5.75 Å². The van der Waals surface area contributed by atoms with E-state index in [4.69, 9.17) is 4.74 Å². The van der Waals surface area contributed by atoms with Crippen molar-refractivity contribution < 1.29 is 23.1 Å². The lowest BCUT2D eigenvalue weighted by molar-refractivity contribution is -0.121. The van der Waals surface area contributed by atoms with Gasteiger partial charge in [0.25, 0.3) is 0 Å². The molecule has 2 aromatic carbocycles. The Kier molecular flexibility index (Phi) is 4.06. The Morgan fingerprint density at radius 3 is 2.74 bits per heavy atom. The van der Waals surface area contributed by atoms with E-state index >= 15 is 0 Å². The Bertz CT molecular complexity index is 776. The zero-order valence-electron chi connectivity index (χ0n) is 12.0. The first kappa shape index (κ1) is 15.1. The molecule has 0 saturated carbocycles. The lowest BCUT2D eigenvalue weighted by Crippen LogP contribution is -2.47. The van der Waals surface area contributed by atoms with Gasteiger partial charge in [0.1, 0.15) is 18.4 Å². The summed E-state index contributed by atoms with van der Waals surface area (Å²) in [5, 5.41) is 2.56. The summed E-state index contributed by atoms with van der Waals surface area (Å²) in [5.74, 6) is -2.19. The predicted octanol–water partition coefficient (Wildman–Crippen LogP) is 2.27. The van der Waals surface area contributed by atoms with E-state index in [1.165, 1.54) is 6.07 Å². The maximum Gasteiger partial charge on any atom is 0.225 e. The van der Waals surface area contributed by atoms with Crippen LogP contribution in [0, 0.1) is 11.6 Å². The number of para-hydroxylation sites is 1. The van der Waals surface area contributed by atoms with E-state index in [0.29, 0.717) is 16.9 Å². The minimum absolute atomic E-state index is 0.0410. The molecule has 1 aliphatic rings. The van der Waals surface area contributed by atoms with Gasteiger partial charge >= 0.3 is 0 Å². The maximum absolute atomic E-state index is 13.1. The lowest BCUT2D eigenvalue weighted by atomic mass is 10.0. The Labute approximate surface area is 131 Å². The number of benzene rings is 2. The number of fused-ring (bicyclic) bond motifs is 1. The van der Waals surface area contributed by atoms with Gasteiger partial charge < -0.3 is 10.1 Å². The van der Waals surface area contributed by atoms with Crippen LogP contribution in [-0.2, 0) is 11.2 Å². The molecule has 1 N–H and O–H groups in total. The van der Waals surface area contributed by atoms with Crippen LogP contribution in [0.1, 0.15) is 15.9 Å². The normalized spacial score (nSPS) is 16.4. The molecule has 0 radical (unpaired) electrons. The number of amides is 1. The third-order valence-electron chi connectivity index (χ3n) is 3.56. The fourth-order valence-electron chi connectivity index (χ4n) is 2.42. The summed E-state index contributed by atoms with van der Waals surface area (Å²) in [5.41, 5.74) is 0.739. The van der Waals surface area contributed by atoms with Crippen LogP contribution in [0.3, 0.4) is 0 Å². The zero-order chi connectivity index (χ0) is 16.4. The molecule has 23 heavy (non-hydrogen) atoms. The quantitative estimate of drug-likeness (QED) is 0.945. The highest BCUT2D eigenvalue weighted by molar-refractivity contribution is 6.05. The lowest BCUT2D eigenvalue weighted by Gasteiger charge is -2.24. The molecule has 1 heterocycles. The van der Waals surface area contributed by atoms with E-state index < -0.39 is 23.6 Å². The number of Topliss-reactive ketones (excluding diaryl/α,β-unsaturated/α-hetero) is 1. The van der Waals surface area contributed by atoms with Gasteiger partial charge in [0, 0.05) is 0 Å². The molecule has 0 bridgehead atoms. The number of halogens is 2. The summed E-state index contributed by atoms with van der Waals surface area (Å²) < 4.78 is 31.4. The van der Waals surface area contributed by atoms with E-state index in [1.807, 2.05) is 0 Å². The van der Waals surface area contributed by atoms with Crippen LogP contribution < -0.4 is 10.1 Å². The Hall–Kier alpha value is -2.76. The fourth-order valence-corrected chi connectivity index (χ4v) is 2.42. The van der Waals surface area contributed by atoms with Crippen molar-refractivity contribution in [1.29, 1.82) is 0 Å². The molecule has 0 aliphatic carbocycles. The number of carbonyl (C=O) groups is 2. The van der Waals surface area contributed by atoms with Crippen molar-refractivity contribution >= 4 is 11.7 Å². The monoisotopic (exact) mass is 317 g/mol. The first-order valence-electron chi connectivity index (χ1n) is 7.04. The molecule has 0 unspecified atom stereocenters. The van der Waals surface area contributed by atoms with Gasteiger partial charge in [0.05, 0.1) is 12.0 Å². The van der Waals surface area contributed by atoms with Crippen molar-refractivity contribution in [2.75, 3.05) is 6.61 Å². The molecule has 6 heteroatoms. The summed E-state index contributed by atoms with van der Waals surface area (Å²) in [6, 6.07) is 9.25. The molecule has 0 saturated heterocycles. The Morgan fingerprint density at radius 1 is 1.17 bits per heavy atom. The standard InChI is InChI=1S/C17H13F2NO3/c18-12-6-5-10(7-13(12)19)8-16(21)20-14-9-23-15-4-2-1-3-11(15)17(14)22/h1-7,14H,8-9H2,(H,20,21)/t14-/m0/s1. The van der Waals surface area contributed by atoms with Crippen LogP contribution in [0.15, 0.2) is 42.5 Å². The molecule has 0 spiro atoms. The highest BCUT2D eigenvalue weighted by Crippen LogP contribution is 2.24. The second kappa shape index (κ2) is 6.16. The molecule has 118 valence electrons. The largest absolute Gasteiger partial charge is 0.490 e. The van der Waals surface area contributed by atoms with Gasteiger partial charge in [-0.15, -0.1) is 0 Å². The first-order valence-corrected chi connectivity index (χ1v) is 7.04. The van der Waals surface area contributed by atoms with Crippen LogP contribution >= 0.6 is 0 Å². The number of carbonyl (C=O) groups excluding carboxylic acids is 2. The zero-order valence-corrected chi connectivity index (χ0v) is 12.0. The summed E-state index contributed by atoms with van der Waals surface area (Å²) in [6.07, 6.45) is -0.150. The molecule has 2 aromatic rings. The van der Waals surface area contributed by atoms with Gasteiger partial charge in [0.2, 0.25) is 5.91 Å². The number of rotatable bonds is 3. The van der Waals surface area contributed by atoms with Crippen LogP contribution in [0.4, 0.5) is 8.78 Å². The number of nitrogens with one attached hydrogen (secondary N) is 1. The van der Waals surface area contributed by atoms with Gasteiger partial charge in [-0.2, -0.15) is 0 Å². The van der Waals surface area contributed by atoms with Crippen molar-refractivity contribution in [3.8, 4) is 5.75 Å². The molecule has 1 atom stereocenters. The molecule has 0 fully saturated rings. The van der Waals surface area contributed by atoms with Crippen LogP contribution in [0.25, 0.3) is 0 Å². The van der Waals surface area contributed by atoms with Gasteiger partial charge in [0.15, 0.2) is 17.4 Å². The summed E-state index contributed by atoms with van der Waals surface area (Å²) in [6.45, 7) is 0.0410. The van der Waals surface area contributed by atoms with E-state index in [9.17, 15) is 18.4 Å². The molecule has 4 nitrogen and oxygen atoms in total. The SMILES string of the molecule is O=C(Cc1ccc(F)c(F)c1)N[C@H]1COc2ccccc2C1=O. The number of ether oxygens (including phenoxy) is 1. The van der Waals surface area contributed by atoms with Crippen molar-refractivity contribution in [3.63, 3.8) is 0 Å². The molecule has 1 amide bonds. The maximum atomic E-state index is 13.1. The smallest absolute Gasteiger partial charge is 0.225 e. The first-order chi connectivity index (χ1) is 11.0. The van der Waals surface area contributed by atoms with E-state index in [-0.39, 0.29) is 18.8 Å². The van der Waals surface area contributed by atoms with Crippen molar-refractivity contribution in [2.45, 2.75) is 12.5 Å². The predicted molar refractivity (Wildman–Crippen MR) is 78.3 cm³/mol. The van der Waals surface area contributed by atoms with Gasteiger partial charge in [-0.1, -0.05) is 18.2 Å². The fraction of sp³-hybridized carbons (Fsp3) is 0.176. The number of hydrogen-bond donors (Lipinski definition) is 1. The minimum atomic E-state index is -1.01. The molecular formula is C17H13F2NO3. The van der Waals surface area contributed by atoms with Crippen LogP contribution in [0.2, 0.25) is 0 Å². The highest BCUT2D eigenvalue weighted by Gasteiger charge is 2.29. The Balaban J connectivity index is 1.67. The third-order valence-corrected chi connectivity index (χ3v) is 3.56. The molecule has 3 rings (SSSR count). The van der Waals surface area contributed by atoms with E-state index in [0.717, 1.165) is 12.1 Å². The van der Waals surface area contributed by atoms with Gasteiger partial charge in [-0.05, 0) is 29.8 Å². The minimum Gasteiger partial charge on any atom is -0.490 e. The second-order valence-corrected chi connectivity index (χ2v) is 5.22. The summed E-state index contributed by atoms with van der Waals surface area (Å²) in [4.78, 5) is 24.3. The van der Waals surface area contributed by atoms with Crippen LogP contribution in [-0.4, -0.2) is 24.3 Å². The number of ketones is 1. The average Bonchev–Trinajstić information content (AvgIpc) is 2.54. The third kappa shape index (κ3) is 3.21. The second-order valence-electron chi connectivity index (χ2n) is 5.22. The van der Waals surface area contributed by atoms with E-state index in [1.54, 1.807) is 24.3 Å². The van der Waals surface area contributed by atoms with Gasteiger partial charge in [-0.3, -0.25) is 9.59 Å². The molecule has 0 aromatic heterocycles. The highest BCUT2D eigenvalue weighted by atomic mass is 19.2. The summed E-state index contributed by atoms with van der Waals surface area (Å²) in [7, 11) is 0. The number of hydrogen-bond acceptors (Lipinski definition) is 3. The summed E-state index contributed by atoms with van der Waals surface area (Å²) >= 11 is 0.